The van der Waals surface area contributed by atoms with Gasteiger partial charge in [-0.3, -0.25) is 14.9 Å². The quantitative estimate of drug-likeness (QED) is 0.642. The van der Waals surface area contributed by atoms with Crippen LogP contribution in [0.3, 0.4) is 0 Å². The van der Waals surface area contributed by atoms with Crippen LogP contribution in [0.4, 0.5) is 14.5 Å². The van der Waals surface area contributed by atoms with E-state index >= 15 is 0 Å². The predicted molar refractivity (Wildman–Crippen MR) is 67.5 cm³/mol. The maximum atomic E-state index is 13.9. The second-order valence-corrected chi connectivity index (χ2v) is 4.34. The second kappa shape index (κ2) is 5.70. The number of carbonyl (C=O) groups excluding carboxylic acids is 1. The van der Waals surface area contributed by atoms with Gasteiger partial charge in [-0.15, -0.1) is 0 Å². The van der Waals surface area contributed by atoms with Crippen molar-refractivity contribution in [2.24, 2.45) is 0 Å². The van der Waals surface area contributed by atoms with Crippen LogP contribution in [0.2, 0.25) is 0 Å². The summed E-state index contributed by atoms with van der Waals surface area (Å²) in [6, 6.07) is 2.67. The van der Waals surface area contributed by atoms with E-state index in [-0.39, 0.29) is 6.54 Å². The molecule has 0 aliphatic heterocycles. The van der Waals surface area contributed by atoms with Crippen LogP contribution in [0.25, 0.3) is 0 Å². The van der Waals surface area contributed by atoms with E-state index in [1.54, 1.807) is 6.07 Å². The molecule has 0 fully saturated rings. The third kappa shape index (κ3) is 3.04. The van der Waals surface area contributed by atoms with E-state index < -0.39 is 33.7 Å². The first-order chi connectivity index (χ1) is 9.90. The summed E-state index contributed by atoms with van der Waals surface area (Å²) in [5, 5.41) is 10.6. The minimum atomic E-state index is -1.36. The molecule has 1 amide bonds. The van der Waals surface area contributed by atoms with Gasteiger partial charge in [0.25, 0.3) is 5.91 Å². The molecular formula is C13H10F2N2O4. The summed E-state index contributed by atoms with van der Waals surface area (Å²) in [4.78, 5) is 22.7. The number of nitro benzene ring substituents is 1. The van der Waals surface area contributed by atoms with E-state index in [2.05, 4.69) is 0 Å². The number of carbonyl (C=O) groups is 1. The molecule has 1 heterocycles. The van der Waals surface area contributed by atoms with E-state index in [4.69, 9.17) is 4.42 Å². The van der Waals surface area contributed by atoms with E-state index in [0.29, 0.717) is 17.7 Å². The number of rotatable bonds is 4. The van der Waals surface area contributed by atoms with Crippen molar-refractivity contribution in [2.45, 2.75) is 6.54 Å². The highest BCUT2D eigenvalue weighted by atomic mass is 19.1. The standard InChI is InChI=1S/C13H10F2N2O4/c1-16(6-8-2-3-21-7-8)13(18)10-4-9(14)5-11(12(10)15)17(19)20/h2-5,7H,6H2,1H3. The molecule has 2 rings (SSSR count). The van der Waals surface area contributed by atoms with E-state index in [0.717, 1.165) is 4.90 Å². The zero-order chi connectivity index (χ0) is 15.6. The molecule has 0 unspecified atom stereocenters. The van der Waals surface area contributed by atoms with Gasteiger partial charge >= 0.3 is 5.69 Å². The molecule has 0 saturated carbocycles. The Balaban J connectivity index is 2.32. The maximum Gasteiger partial charge on any atom is 0.308 e. The summed E-state index contributed by atoms with van der Waals surface area (Å²) in [5.41, 5.74) is -1.11. The molecule has 110 valence electrons. The minimum Gasteiger partial charge on any atom is -0.472 e. The Morgan fingerprint density at radius 2 is 2.14 bits per heavy atom. The van der Waals surface area contributed by atoms with Crippen molar-refractivity contribution in [1.29, 1.82) is 0 Å². The number of furan rings is 1. The first kappa shape index (κ1) is 14.6. The average molecular weight is 296 g/mol. The highest BCUT2D eigenvalue weighted by Gasteiger charge is 2.26. The maximum absolute atomic E-state index is 13.9. The van der Waals surface area contributed by atoms with Crippen LogP contribution < -0.4 is 0 Å². The molecule has 0 aliphatic carbocycles. The molecule has 1 aromatic carbocycles. The molecule has 0 aliphatic rings. The second-order valence-electron chi connectivity index (χ2n) is 4.34. The largest absolute Gasteiger partial charge is 0.472 e. The first-order valence-electron chi connectivity index (χ1n) is 5.80. The normalized spacial score (nSPS) is 10.4. The van der Waals surface area contributed by atoms with Crippen molar-refractivity contribution >= 4 is 11.6 Å². The van der Waals surface area contributed by atoms with Gasteiger partial charge in [0.1, 0.15) is 5.82 Å². The van der Waals surface area contributed by atoms with Crippen LogP contribution in [0, 0.1) is 21.7 Å². The SMILES string of the molecule is CN(Cc1ccoc1)C(=O)c1cc(F)cc([N+](=O)[O-])c1F. The number of hydrogen-bond donors (Lipinski definition) is 0. The number of nitrogens with zero attached hydrogens (tertiary/aromatic N) is 2. The molecule has 0 N–H and O–H groups in total. The number of benzene rings is 1. The molecule has 0 saturated heterocycles. The van der Waals surface area contributed by atoms with Crippen molar-refractivity contribution in [2.75, 3.05) is 7.05 Å². The number of halogens is 2. The van der Waals surface area contributed by atoms with E-state index in [1.807, 2.05) is 0 Å². The average Bonchev–Trinajstić information content (AvgIpc) is 2.92. The van der Waals surface area contributed by atoms with Crippen molar-refractivity contribution in [3.63, 3.8) is 0 Å². The third-order valence-corrected chi connectivity index (χ3v) is 2.79. The van der Waals surface area contributed by atoms with Crippen molar-refractivity contribution in [3.8, 4) is 0 Å². The topological polar surface area (TPSA) is 76.6 Å². The minimum absolute atomic E-state index is 0.0963. The predicted octanol–water partition coefficient (Wildman–Crippen LogP) is 2.74. The van der Waals surface area contributed by atoms with Gasteiger partial charge in [-0.2, -0.15) is 4.39 Å². The van der Waals surface area contributed by atoms with Gasteiger partial charge in [0, 0.05) is 19.2 Å². The van der Waals surface area contributed by atoms with Crippen molar-refractivity contribution in [3.05, 3.63) is 63.6 Å². The third-order valence-electron chi connectivity index (χ3n) is 2.79. The summed E-state index contributed by atoms with van der Waals surface area (Å²) in [5.74, 6) is -3.27. The van der Waals surface area contributed by atoms with Crippen LogP contribution in [0.1, 0.15) is 15.9 Å². The molecule has 6 nitrogen and oxygen atoms in total. The lowest BCUT2D eigenvalue weighted by Gasteiger charge is -2.16. The van der Waals surface area contributed by atoms with Gasteiger partial charge in [0.05, 0.1) is 29.1 Å². The van der Waals surface area contributed by atoms with E-state index in [1.165, 1.54) is 19.6 Å². The molecule has 0 atom stereocenters. The molecule has 1 aromatic heterocycles. The highest BCUT2D eigenvalue weighted by molar-refractivity contribution is 5.95. The number of hydrogen-bond acceptors (Lipinski definition) is 4. The molecule has 0 radical (unpaired) electrons. The van der Waals surface area contributed by atoms with Gasteiger partial charge < -0.3 is 9.32 Å². The Morgan fingerprint density at radius 3 is 2.71 bits per heavy atom. The lowest BCUT2D eigenvalue weighted by atomic mass is 10.1. The van der Waals surface area contributed by atoms with Gasteiger partial charge in [0.2, 0.25) is 5.82 Å². The molecule has 21 heavy (non-hydrogen) atoms. The van der Waals surface area contributed by atoms with E-state index in [9.17, 15) is 23.7 Å². The van der Waals surface area contributed by atoms with Crippen molar-refractivity contribution < 1.29 is 22.9 Å². The Morgan fingerprint density at radius 1 is 1.43 bits per heavy atom. The van der Waals surface area contributed by atoms with Crippen LogP contribution >= 0.6 is 0 Å². The van der Waals surface area contributed by atoms with Crippen LogP contribution in [0.15, 0.2) is 35.1 Å². The first-order valence-corrected chi connectivity index (χ1v) is 5.80. The fourth-order valence-corrected chi connectivity index (χ4v) is 1.80. The lowest BCUT2D eigenvalue weighted by molar-refractivity contribution is -0.387. The Labute approximate surface area is 117 Å². The monoisotopic (exact) mass is 296 g/mol. The summed E-state index contributed by atoms with van der Waals surface area (Å²) in [6.07, 6.45) is 2.80. The summed E-state index contributed by atoms with van der Waals surface area (Å²) >= 11 is 0. The van der Waals surface area contributed by atoms with Crippen LogP contribution in [-0.4, -0.2) is 22.8 Å². The zero-order valence-electron chi connectivity index (χ0n) is 10.9. The highest BCUT2D eigenvalue weighted by Crippen LogP contribution is 2.23. The number of amides is 1. The van der Waals surface area contributed by atoms with Crippen LogP contribution in [-0.2, 0) is 6.54 Å². The van der Waals surface area contributed by atoms with Gasteiger partial charge in [0.15, 0.2) is 0 Å². The molecule has 8 heteroatoms. The zero-order valence-corrected chi connectivity index (χ0v) is 10.9. The Hall–Kier alpha value is -2.77. The summed E-state index contributed by atoms with van der Waals surface area (Å²) in [7, 11) is 1.37. The lowest BCUT2D eigenvalue weighted by Crippen LogP contribution is -2.27. The Kier molecular flexibility index (Phi) is 3.97. The van der Waals surface area contributed by atoms with Crippen LogP contribution in [0.5, 0.6) is 0 Å². The fourth-order valence-electron chi connectivity index (χ4n) is 1.80. The smallest absolute Gasteiger partial charge is 0.308 e. The summed E-state index contributed by atoms with van der Waals surface area (Å²) in [6.45, 7) is 0.0963. The summed E-state index contributed by atoms with van der Waals surface area (Å²) < 4.78 is 32.1. The van der Waals surface area contributed by atoms with Crippen molar-refractivity contribution in [1.82, 2.24) is 4.90 Å². The molecular weight excluding hydrogens is 286 g/mol. The van der Waals surface area contributed by atoms with Gasteiger partial charge in [-0.05, 0) is 12.1 Å². The van der Waals surface area contributed by atoms with Gasteiger partial charge in [-0.1, -0.05) is 0 Å². The number of nitro groups is 1. The molecule has 0 bridgehead atoms. The molecule has 0 spiro atoms. The Bertz CT molecular complexity index is 686. The fraction of sp³-hybridized carbons (Fsp3) is 0.154. The van der Waals surface area contributed by atoms with Gasteiger partial charge in [-0.25, -0.2) is 4.39 Å². The molecule has 2 aromatic rings.